The summed E-state index contributed by atoms with van der Waals surface area (Å²) < 4.78 is 27.2. The molecule has 0 aliphatic carbocycles. The van der Waals surface area contributed by atoms with Crippen LogP contribution < -0.4 is 4.90 Å². The fraction of sp³-hybridized carbons (Fsp3) is 0.450. The third kappa shape index (κ3) is 3.64. The molecule has 5 rings (SSSR count). The van der Waals surface area contributed by atoms with Crippen molar-refractivity contribution in [3.63, 3.8) is 0 Å². The van der Waals surface area contributed by atoms with Gasteiger partial charge < -0.3 is 4.90 Å². The molecule has 0 spiro atoms. The van der Waals surface area contributed by atoms with Gasteiger partial charge in [-0.2, -0.15) is 5.10 Å². The second kappa shape index (κ2) is 7.65. The predicted octanol–water partition coefficient (Wildman–Crippen LogP) is 3.78. The number of aromatic nitrogens is 4. The first kappa shape index (κ1) is 18.9. The number of alkyl halides is 1. The van der Waals surface area contributed by atoms with Crippen LogP contribution in [0.2, 0.25) is 5.02 Å². The minimum atomic E-state index is -0.812. The van der Waals surface area contributed by atoms with Crippen LogP contribution in [0.3, 0.4) is 0 Å². The highest BCUT2D eigenvalue weighted by Gasteiger charge is 2.24. The molecule has 0 bridgehead atoms. The molecule has 0 saturated carbocycles. The van der Waals surface area contributed by atoms with Gasteiger partial charge in [0.2, 0.25) is 0 Å². The van der Waals surface area contributed by atoms with E-state index in [0.29, 0.717) is 30.0 Å². The van der Waals surface area contributed by atoms with Crippen LogP contribution in [-0.4, -0.2) is 54.7 Å². The van der Waals surface area contributed by atoms with E-state index in [2.05, 4.69) is 10.1 Å². The fourth-order valence-electron chi connectivity index (χ4n) is 4.12. The second-order valence-corrected chi connectivity index (χ2v) is 9.74. The van der Waals surface area contributed by atoms with E-state index < -0.39 is 17.0 Å². The Labute approximate surface area is 175 Å². The van der Waals surface area contributed by atoms with Crippen molar-refractivity contribution in [1.82, 2.24) is 19.7 Å². The Balaban J connectivity index is 1.54. The van der Waals surface area contributed by atoms with Gasteiger partial charge in [-0.3, -0.25) is 13.9 Å². The van der Waals surface area contributed by atoms with Crippen molar-refractivity contribution in [2.45, 2.75) is 31.5 Å². The van der Waals surface area contributed by atoms with Gasteiger partial charge in [-0.1, -0.05) is 11.6 Å². The molecule has 5 heterocycles. The van der Waals surface area contributed by atoms with Gasteiger partial charge in [0.05, 0.1) is 29.3 Å². The topological polar surface area (TPSA) is 63.9 Å². The quantitative estimate of drug-likeness (QED) is 0.629. The molecule has 2 aliphatic rings. The first-order valence-corrected chi connectivity index (χ1v) is 11.7. The van der Waals surface area contributed by atoms with E-state index >= 15 is 0 Å². The van der Waals surface area contributed by atoms with Crippen molar-refractivity contribution in [3.8, 4) is 11.1 Å². The SMILES string of the molecule is O=S1CCC(n2cc(-c3c(Cl)cnc4ccc(N5CCC(F)C5)nc34)cn2)CC1. The van der Waals surface area contributed by atoms with Crippen LogP contribution in [0, 0.1) is 0 Å². The lowest BCUT2D eigenvalue weighted by molar-refractivity contribution is 0.364. The number of rotatable bonds is 3. The maximum absolute atomic E-state index is 13.7. The third-order valence-electron chi connectivity index (χ3n) is 5.73. The monoisotopic (exact) mass is 433 g/mol. The van der Waals surface area contributed by atoms with E-state index in [9.17, 15) is 8.60 Å². The largest absolute Gasteiger partial charge is 0.354 e. The molecule has 29 heavy (non-hydrogen) atoms. The van der Waals surface area contributed by atoms with Gasteiger partial charge in [-0.25, -0.2) is 9.37 Å². The van der Waals surface area contributed by atoms with Gasteiger partial charge >= 0.3 is 0 Å². The lowest BCUT2D eigenvalue weighted by atomic mass is 10.1. The zero-order chi connectivity index (χ0) is 20.0. The normalized spacial score (nSPS) is 25.0. The van der Waals surface area contributed by atoms with Crippen molar-refractivity contribution in [2.24, 2.45) is 0 Å². The van der Waals surface area contributed by atoms with Gasteiger partial charge in [-0.15, -0.1) is 0 Å². The Hall–Kier alpha value is -2.06. The van der Waals surface area contributed by atoms with E-state index in [0.717, 1.165) is 46.8 Å². The number of nitrogens with zero attached hydrogens (tertiary/aromatic N) is 5. The molecule has 1 atom stereocenters. The van der Waals surface area contributed by atoms with Gasteiger partial charge in [-0.05, 0) is 31.4 Å². The second-order valence-electron chi connectivity index (χ2n) is 7.64. The minimum Gasteiger partial charge on any atom is -0.354 e. The summed E-state index contributed by atoms with van der Waals surface area (Å²) in [6.45, 7) is 1.02. The summed E-state index contributed by atoms with van der Waals surface area (Å²) in [4.78, 5) is 11.2. The molecule has 1 unspecified atom stereocenters. The number of anilines is 1. The van der Waals surface area contributed by atoms with E-state index in [-0.39, 0.29) is 6.04 Å². The number of fused-ring (bicyclic) bond motifs is 1. The average molecular weight is 434 g/mol. The van der Waals surface area contributed by atoms with Crippen molar-refractivity contribution < 1.29 is 8.60 Å². The molecule has 0 aromatic carbocycles. The first-order valence-electron chi connectivity index (χ1n) is 9.82. The zero-order valence-corrected chi connectivity index (χ0v) is 17.4. The molecule has 152 valence electrons. The standard InChI is InChI=1S/C20H21ClFN5OS/c21-16-10-23-17-1-2-18(26-6-3-14(22)12-26)25-20(17)19(16)13-9-24-27(11-13)15-4-7-29(28)8-5-15/h1-2,9-11,14-15H,3-8,12H2. The van der Waals surface area contributed by atoms with Crippen LogP contribution in [0.15, 0.2) is 30.7 Å². The number of hydrogen-bond acceptors (Lipinski definition) is 5. The summed E-state index contributed by atoms with van der Waals surface area (Å²) in [6.07, 6.45) is 6.86. The molecule has 0 radical (unpaired) electrons. The first-order chi connectivity index (χ1) is 14.1. The van der Waals surface area contributed by atoms with Crippen molar-refractivity contribution in [3.05, 3.63) is 35.7 Å². The highest BCUT2D eigenvalue weighted by molar-refractivity contribution is 7.85. The van der Waals surface area contributed by atoms with Crippen LogP contribution in [0.1, 0.15) is 25.3 Å². The van der Waals surface area contributed by atoms with E-state index in [1.165, 1.54) is 0 Å². The van der Waals surface area contributed by atoms with Gasteiger partial charge in [0, 0.05) is 52.4 Å². The molecule has 2 saturated heterocycles. The molecular formula is C20H21ClFN5OS. The summed E-state index contributed by atoms with van der Waals surface area (Å²) in [7, 11) is -0.705. The third-order valence-corrected chi connectivity index (χ3v) is 7.40. The van der Waals surface area contributed by atoms with Crippen LogP contribution >= 0.6 is 11.6 Å². The van der Waals surface area contributed by atoms with E-state index in [1.807, 2.05) is 27.9 Å². The van der Waals surface area contributed by atoms with Crippen LogP contribution in [0.25, 0.3) is 22.2 Å². The van der Waals surface area contributed by atoms with E-state index in [1.54, 1.807) is 12.4 Å². The lowest BCUT2D eigenvalue weighted by Crippen LogP contribution is -2.21. The number of halogens is 2. The molecule has 9 heteroatoms. The molecule has 3 aromatic rings. The minimum absolute atomic E-state index is 0.253. The highest BCUT2D eigenvalue weighted by atomic mass is 35.5. The van der Waals surface area contributed by atoms with Crippen molar-refractivity contribution in [2.75, 3.05) is 29.5 Å². The zero-order valence-electron chi connectivity index (χ0n) is 15.8. The average Bonchev–Trinajstić information content (AvgIpc) is 3.37. The number of hydrogen-bond donors (Lipinski definition) is 0. The molecule has 6 nitrogen and oxygen atoms in total. The molecule has 0 N–H and O–H groups in total. The Morgan fingerprint density at radius 1 is 1.17 bits per heavy atom. The summed E-state index contributed by atoms with van der Waals surface area (Å²) in [6, 6.07) is 4.04. The summed E-state index contributed by atoms with van der Waals surface area (Å²) in [5.41, 5.74) is 3.11. The molecule has 0 amide bonds. The van der Waals surface area contributed by atoms with Crippen molar-refractivity contribution >= 4 is 39.3 Å². The fourth-order valence-corrected chi connectivity index (χ4v) is 5.64. The molecule has 3 aromatic heterocycles. The van der Waals surface area contributed by atoms with Gasteiger partial charge in [0.1, 0.15) is 17.5 Å². The summed E-state index contributed by atoms with van der Waals surface area (Å²) >= 11 is 6.53. The smallest absolute Gasteiger partial charge is 0.129 e. The van der Waals surface area contributed by atoms with E-state index in [4.69, 9.17) is 16.6 Å². The van der Waals surface area contributed by atoms with Gasteiger partial charge in [0.15, 0.2) is 0 Å². The van der Waals surface area contributed by atoms with Crippen LogP contribution in [0.5, 0.6) is 0 Å². The summed E-state index contributed by atoms with van der Waals surface area (Å²) in [5.74, 6) is 2.18. The maximum Gasteiger partial charge on any atom is 0.129 e. The van der Waals surface area contributed by atoms with Gasteiger partial charge in [0.25, 0.3) is 0 Å². The molecule has 2 fully saturated rings. The Kier molecular flexibility index (Phi) is 4.99. The number of pyridine rings is 2. The maximum atomic E-state index is 13.7. The molecular weight excluding hydrogens is 413 g/mol. The Bertz CT molecular complexity index is 1080. The Morgan fingerprint density at radius 2 is 2.00 bits per heavy atom. The predicted molar refractivity (Wildman–Crippen MR) is 114 cm³/mol. The Morgan fingerprint density at radius 3 is 2.76 bits per heavy atom. The van der Waals surface area contributed by atoms with Crippen LogP contribution in [-0.2, 0) is 10.8 Å². The molecule has 2 aliphatic heterocycles. The van der Waals surface area contributed by atoms with Crippen LogP contribution in [0.4, 0.5) is 10.2 Å². The van der Waals surface area contributed by atoms with Crippen molar-refractivity contribution in [1.29, 1.82) is 0 Å². The summed E-state index contributed by atoms with van der Waals surface area (Å²) in [5, 5.41) is 5.06. The highest BCUT2D eigenvalue weighted by Crippen LogP contribution is 2.35. The lowest BCUT2D eigenvalue weighted by Gasteiger charge is -2.21.